The monoisotopic (exact) mass is 459 g/mol. The molecule has 1 saturated heterocycles. The van der Waals surface area contributed by atoms with Gasteiger partial charge in [-0.2, -0.15) is 0 Å². The number of carbonyl (C=O) groups excluding carboxylic acids is 3. The van der Waals surface area contributed by atoms with Crippen LogP contribution in [0.2, 0.25) is 0 Å². The number of nitro benzene ring substituents is 1. The van der Waals surface area contributed by atoms with Crippen molar-refractivity contribution in [3.05, 3.63) is 67.2 Å². The Hall–Kier alpha value is -3.53. The fourth-order valence-electron chi connectivity index (χ4n) is 2.75. The zero-order chi connectivity index (χ0) is 21.5. The molecule has 0 atom stereocenters. The van der Waals surface area contributed by atoms with Crippen LogP contribution in [0.15, 0.2) is 40.4 Å². The zero-order valence-corrected chi connectivity index (χ0v) is 16.8. The van der Waals surface area contributed by atoms with Gasteiger partial charge in [-0.3, -0.25) is 25.0 Å². The Morgan fingerprint density at radius 1 is 1.14 bits per heavy atom. The van der Waals surface area contributed by atoms with Crippen molar-refractivity contribution in [1.82, 2.24) is 5.32 Å². The van der Waals surface area contributed by atoms with Crippen molar-refractivity contribution < 1.29 is 24.4 Å². The van der Waals surface area contributed by atoms with Crippen molar-refractivity contribution in [2.45, 2.75) is 13.8 Å². The molecule has 0 spiro atoms. The van der Waals surface area contributed by atoms with E-state index >= 15 is 0 Å². The summed E-state index contributed by atoms with van der Waals surface area (Å²) < 4.78 is 0.0179. The van der Waals surface area contributed by atoms with Gasteiger partial charge >= 0.3 is 11.7 Å². The highest BCUT2D eigenvalue weighted by Gasteiger charge is 2.37. The van der Waals surface area contributed by atoms with E-state index in [0.717, 1.165) is 28.2 Å². The fourth-order valence-corrected chi connectivity index (χ4v) is 3.22. The van der Waals surface area contributed by atoms with E-state index in [2.05, 4.69) is 21.2 Å². The third kappa shape index (κ3) is 3.74. The Balaban J connectivity index is 2.08. The van der Waals surface area contributed by atoms with E-state index in [1.165, 1.54) is 6.07 Å². The number of benzene rings is 2. The summed E-state index contributed by atoms with van der Waals surface area (Å²) in [6.07, 6.45) is 1.12. The summed E-state index contributed by atoms with van der Waals surface area (Å²) in [7, 11) is 0. The smallest absolute Gasteiger partial charge is 0.335 e. The Kier molecular flexibility index (Phi) is 5.21. The van der Waals surface area contributed by atoms with Gasteiger partial charge in [-0.1, -0.05) is 6.07 Å². The van der Waals surface area contributed by atoms with Crippen LogP contribution >= 0.6 is 15.9 Å². The maximum absolute atomic E-state index is 12.9. The predicted octanol–water partition coefficient (Wildman–Crippen LogP) is 3.35. The summed E-state index contributed by atoms with van der Waals surface area (Å²) in [4.78, 5) is 48.5. The van der Waals surface area contributed by atoms with E-state index in [-0.39, 0.29) is 21.3 Å². The third-order valence-corrected chi connectivity index (χ3v) is 5.03. The van der Waals surface area contributed by atoms with Crippen LogP contribution in [0.1, 0.15) is 16.7 Å². The molecule has 1 fully saturated rings. The molecule has 1 heterocycles. The molecular formula is C19H14BrN3O6. The van der Waals surface area contributed by atoms with Gasteiger partial charge in [0.05, 0.1) is 15.1 Å². The molecule has 2 aromatic carbocycles. The van der Waals surface area contributed by atoms with Crippen LogP contribution in [-0.2, 0) is 9.59 Å². The van der Waals surface area contributed by atoms with E-state index in [9.17, 15) is 29.6 Å². The first-order valence-corrected chi connectivity index (χ1v) is 9.05. The number of anilines is 1. The standard InChI is InChI=1S/C19H14BrN3O6/c1-9-3-4-12(5-10(9)2)22-18(26)13(17(25)21-19(22)27)6-11-7-14(20)16(24)15(8-11)23(28)29/h3-8,24H,1-2H3,(H,21,25,27)/b13-6+. The molecule has 2 aromatic rings. The van der Waals surface area contributed by atoms with Gasteiger partial charge in [-0.25, -0.2) is 9.69 Å². The predicted molar refractivity (Wildman–Crippen MR) is 107 cm³/mol. The van der Waals surface area contributed by atoms with Crippen LogP contribution in [0.3, 0.4) is 0 Å². The van der Waals surface area contributed by atoms with E-state index in [0.29, 0.717) is 0 Å². The highest BCUT2D eigenvalue weighted by molar-refractivity contribution is 9.10. The number of barbiturate groups is 1. The maximum atomic E-state index is 12.9. The molecule has 0 bridgehead atoms. The minimum Gasteiger partial charge on any atom is -0.501 e. The van der Waals surface area contributed by atoms with Crippen molar-refractivity contribution in [3.8, 4) is 5.75 Å². The van der Waals surface area contributed by atoms with Crippen molar-refractivity contribution in [1.29, 1.82) is 0 Å². The first-order valence-electron chi connectivity index (χ1n) is 8.25. The van der Waals surface area contributed by atoms with Gasteiger partial charge in [-0.05, 0) is 70.7 Å². The lowest BCUT2D eigenvalue weighted by Crippen LogP contribution is -2.54. The number of rotatable bonds is 3. The van der Waals surface area contributed by atoms with Gasteiger partial charge in [0.1, 0.15) is 5.57 Å². The van der Waals surface area contributed by atoms with Gasteiger partial charge in [-0.15, -0.1) is 0 Å². The van der Waals surface area contributed by atoms with Crippen LogP contribution in [0.4, 0.5) is 16.2 Å². The number of halogens is 1. The van der Waals surface area contributed by atoms with Crippen molar-refractivity contribution >= 4 is 51.2 Å². The Bertz CT molecular complexity index is 1130. The largest absolute Gasteiger partial charge is 0.501 e. The zero-order valence-electron chi connectivity index (χ0n) is 15.2. The number of phenols is 1. The summed E-state index contributed by atoms with van der Waals surface area (Å²) in [6.45, 7) is 3.70. The quantitative estimate of drug-likeness (QED) is 0.313. The second kappa shape index (κ2) is 7.47. The van der Waals surface area contributed by atoms with Gasteiger partial charge in [0.25, 0.3) is 11.8 Å². The maximum Gasteiger partial charge on any atom is 0.335 e. The number of aromatic hydroxyl groups is 1. The minimum atomic E-state index is -0.924. The highest BCUT2D eigenvalue weighted by Crippen LogP contribution is 2.36. The van der Waals surface area contributed by atoms with Crippen LogP contribution in [0, 0.1) is 24.0 Å². The van der Waals surface area contributed by atoms with Crippen molar-refractivity contribution in [2.75, 3.05) is 4.90 Å². The lowest BCUT2D eigenvalue weighted by molar-refractivity contribution is -0.386. The number of hydrogen-bond donors (Lipinski definition) is 2. The summed E-state index contributed by atoms with van der Waals surface area (Å²) in [5.74, 6) is -2.37. The van der Waals surface area contributed by atoms with Gasteiger partial charge in [0, 0.05) is 6.07 Å². The van der Waals surface area contributed by atoms with Gasteiger partial charge < -0.3 is 5.11 Å². The SMILES string of the molecule is Cc1ccc(N2C(=O)NC(=O)/C(=C\c3cc(Br)c(O)c([N+](=O)[O-])c3)C2=O)cc1C. The number of amides is 4. The van der Waals surface area contributed by atoms with Crippen LogP contribution in [0.5, 0.6) is 5.75 Å². The molecule has 1 aliphatic heterocycles. The molecule has 0 radical (unpaired) electrons. The number of hydrogen-bond acceptors (Lipinski definition) is 6. The number of carbonyl (C=O) groups is 3. The topological polar surface area (TPSA) is 130 Å². The summed E-state index contributed by atoms with van der Waals surface area (Å²) >= 11 is 3.00. The van der Waals surface area contributed by atoms with Gasteiger partial charge in [0.2, 0.25) is 5.75 Å². The fraction of sp³-hybridized carbons (Fsp3) is 0.105. The molecule has 148 valence electrons. The average molecular weight is 460 g/mol. The first kappa shape index (κ1) is 20.2. The van der Waals surface area contributed by atoms with Crippen LogP contribution in [-0.4, -0.2) is 27.9 Å². The molecule has 4 amide bonds. The molecule has 0 aromatic heterocycles. The number of nitrogens with one attached hydrogen (secondary N) is 1. The second-order valence-electron chi connectivity index (χ2n) is 6.35. The van der Waals surface area contributed by atoms with E-state index < -0.39 is 34.2 Å². The molecule has 0 saturated carbocycles. The number of nitro groups is 1. The summed E-state index contributed by atoms with van der Waals surface area (Å²) in [5, 5.41) is 22.9. The number of urea groups is 1. The van der Waals surface area contributed by atoms with Crippen LogP contribution in [0.25, 0.3) is 6.08 Å². The third-order valence-electron chi connectivity index (χ3n) is 4.42. The molecule has 0 aliphatic carbocycles. The molecular weight excluding hydrogens is 446 g/mol. The molecule has 0 unspecified atom stereocenters. The number of aryl methyl sites for hydroxylation is 2. The van der Waals surface area contributed by atoms with Crippen molar-refractivity contribution in [3.63, 3.8) is 0 Å². The van der Waals surface area contributed by atoms with E-state index in [1.54, 1.807) is 18.2 Å². The average Bonchev–Trinajstić information content (AvgIpc) is 2.63. The van der Waals surface area contributed by atoms with Crippen LogP contribution < -0.4 is 10.2 Å². The first-order chi connectivity index (χ1) is 13.6. The van der Waals surface area contributed by atoms with E-state index in [4.69, 9.17) is 0 Å². The van der Waals surface area contributed by atoms with Crippen molar-refractivity contribution in [2.24, 2.45) is 0 Å². The van der Waals surface area contributed by atoms with E-state index in [1.807, 2.05) is 13.8 Å². The van der Waals surface area contributed by atoms with Gasteiger partial charge in [0.15, 0.2) is 0 Å². The molecule has 10 heteroatoms. The number of imide groups is 2. The number of phenolic OH excluding ortho intramolecular Hbond substituents is 1. The Morgan fingerprint density at radius 2 is 1.83 bits per heavy atom. The normalized spacial score (nSPS) is 15.6. The Labute approximate surface area is 172 Å². The minimum absolute atomic E-state index is 0.0179. The molecule has 9 nitrogen and oxygen atoms in total. The highest BCUT2D eigenvalue weighted by atomic mass is 79.9. The summed E-state index contributed by atoms with van der Waals surface area (Å²) in [6, 6.07) is 6.40. The lowest BCUT2D eigenvalue weighted by atomic mass is 10.0. The molecule has 2 N–H and O–H groups in total. The lowest BCUT2D eigenvalue weighted by Gasteiger charge is -2.26. The second-order valence-corrected chi connectivity index (χ2v) is 7.21. The number of nitrogens with zero attached hydrogens (tertiary/aromatic N) is 2. The Morgan fingerprint density at radius 3 is 2.45 bits per heavy atom. The summed E-state index contributed by atoms with van der Waals surface area (Å²) in [5.41, 5.74) is 1.24. The molecule has 1 aliphatic rings. The molecule has 29 heavy (non-hydrogen) atoms. The molecule has 3 rings (SSSR count).